The minimum atomic E-state index is -0.967. The number of ether oxygens (including phenoxy) is 1. The van der Waals surface area contributed by atoms with Gasteiger partial charge in [-0.05, 0) is 33.2 Å². The smallest absolute Gasteiger partial charge is 0.239 e. The predicted octanol–water partition coefficient (Wildman–Crippen LogP) is 0.516. The third kappa shape index (κ3) is 2.82. The topological polar surface area (TPSA) is 65.4 Å². The molecule has 1 amide bonds. The highest BCUT2D eigenvalue weighted by Gasteiger charge is 2.33. The van der Waals surface area contributed by atoms with Crippen LogP contribution in [-0.2, 0) is 9.53 Å². The van der Waals surface area contributed by atoms with E-state index in [1.54, 1.807) is 13.8 Å². The van der Waals surface area contributed by atoms with Gasteiger partial charge in [-0.25, -0.2) is 0 Å². The van der Waals surface area contributed by atoms with Gasteiger partial charge in [0.05, 0.1) is 18.8 Å². The zero-order valence-corrected chi connectivity index (χ0v) is 11.1. The summed E-state index contributed by atoms with van der Waals surface area (Å²) in [5, 5.41) is 11.7. The molecule has 2 aliphatic rings. The zero-order valence-electron chi connectivity index (χ0n) is 11.1. The molecule has 2 aliphatic heterocycles. The van der Waals surface area contributed by atoms with E-state index < -0.39 is 5.41 Å². The SMILES string of the molecule is CC(C)(C#N)C(=O)NCC1CN2CCCC2CO1. The first-order chi connectivity index (χ1) is 8.53. The van der Waals surface area contributed by atoms with E-state index >= 15 is 0 Å². The molecule has 18 heavy (non-hydrogen) atoms. The van der Waals surface area contributed by atoms with Gasteiger partial charge >= 0.3 is 0 Å². The van der Waals surface area contributed by atoms with Gasteiger partial charge in [0.1, 0.15) is 5.41 Å². The molecule has 0 radical (unpaired) electrons. The molecule has 1 N–H and O–H groups in total. The van der Waals surface area contributed by atoms with E-state index in [0.29, 0.717) is 12.6 Å². The molecule has 2 fully saturated rings. The van der Waals surface area contributed by atoms with Gasteiger partial charge in [0.25, 0.3) is 0 Å². The van der Waals surface area contributed by atoms with Crippen LogP contribution in [0.25, 0.3) is 0 Å². The van der Waals surface area contributed by atoms with E-state index in [-0.39, 0.29) is 12.0 Å². The summed E-state index contributed by atoms with van der Waals surface area (Å²) < 4.78 is 5.75. The largest absolute Gasteiger partial charge is 0.373 e. The summed E-state index contributed by atoms with van der Waals surface area (Å²) in [4.78, 5) is 14.2. The number of amides is 1. The van der Waals surface area contributed by atoms with Gasteiger partial charge in [-0.2, -0.15) is 5.26 Å². The monoisotopic (exact) mass is 251 g/mol. The van der Waals surface area contributed by atoms with E-state index in [0.717, 1.165) is 19.7 Å². The molecular formula is C13H21N3O2. The summed E-state index contributed by atoms with van der Waals surface area (Å²) in [5.74, 6) is -0.225. The Balaban J connectivity index is 1.78. The minimum absolute atomic E-state index is 0.0535. The van der Waals surface area contributed by atoms with Crippen LogP contribution in [0.1, 0.15) is 26.7 Å². The van der Waals surface area contributed by atoms with Gasteiger partial charge < -0.3 is 10.1 Å². The van der Waals surface area contributed by atoms with Gasteiger partial charge in [-0.15, -0.1) is 0 Å². The Bertz CT molecular complexity index is 362. The van der Waals surface area contributed by atoms with Crippen LogP contribution in [0.5, 0.6) is 0 Å². The molecule has 0 aromatic carbocycles. The predicted molar refractivity (Wildman–Crippen MR) is 66.7 cm³/mol. The second-order valence-corrected chi connectivity index (χ2v) is 5.69. The average molecular weight is 251 g/mol. The molecule has 2 atom stereocenters. The molecular weight excluding hydrogens is 230 g/mol. The molecule has 0 spiro atoms. The second-order valence-electron chi connectivity index (χ2n) is 5.69. The van der Waals surface area contributed by atoms with E-state index in [1.165, 1.54) is 12.8 Å². The van der Waals surface area contributed by atoms with E-state index in [1.807, 2.05) is 6.07 Å². The summed E-state index contributed by atoms with van der Waals surface area (Å²) in [6, 6.07) is 2.58. The highest BCUT2D eigenvalue weighted by molar-refractivity contribution is 5.84. The third-order valence-electron chi connectivity index (χ3n) is 3.80. The Hall–Kier alpha value is -1.12. The molecule has 100 valence electrons. The van der Waals surface area contributed by atoms with Crippen molar-refractivity contribution >= 4 is 5.91 Å². The zero-order chi connectivity index (χ0) is 13.2. The number of fused-ring (bicyclic) bond motifs is 1. The molecule has 2 saturated heterocycles. The van der Waals surface area contributed by atoms with Gasteiger partial charge in [0, 0.05) is 19.1 Å². The van der Waals surface area contributed by atoms with Crippen LogP contribution in [-0.4, -0.2) is 49.2 Å². The van der Waals surface area contributed by atoms with Crippen LogP contribution in [0, 0.1) is 16.7 Å². The lowest BCUT2D eigenvalue weighted by molar-refractivity contribution is -0.128. The average Bonchev–Trinajstić information content (AvgIpc) is 2.83. The maximum atomic E-state index is 11.8. The maximum absolute atomic E-state index is 11.8. The van der Waals surface area contributed by atoms with Crippen molar-refractivity contribution in [2.24, 2.45) is 5.41 Å². The van der Waals surface area contributed by atoms with Crippen LogP contribution in [0.3, 0.4) is 0 Å². The van der Waals surface area contributed by atoms with Crippen LogP contribution in [0.4, 0.5) is 0 Å². The number of carbonyl (C=O) groups excluding carboxylic acids is 1. The molecule has 5 heteroatoms. The second kappa shape index (κ2) is 5.25. The maximum Gasteiger partial charge on any atom is 0.239 e. The van der Waals surface area contributed by atoms with Crippen molar-refractivity contribution in [1.29, 1.82) is 5.26 Å². The minimum Gasteiger partial charge on any atom is -0.373 e. The lowest BCUT2D eigenvalue weighted by Gasteiger charge is -2.35. The Morgan fingerprint density at radius 2 is 2.39 bits per heavy atom. The first-order valence-corrected chi connectivity index (χ1v) is 6.58. The number of nitriles is 1. The molecule has 2 rings (SSSR count). The Labute approximate surface area is 108 Å². The number of rotatable bonds is 3. The van der Waals surface area contributed by atoms with Crippen LogP contribution >= 0.6 is 0 Å². The van der Waals surface area contributed by atoms with Gasteiger partial charge in [-0.3, -0.25) is 9.69 Å². The van der Waals surface area contributed by atoms with E-state index in [4.69, 9.17) is 10.00 Å². The normalized spacial score (nSPS) is 28.5. The number of hydrogen-bond donors (Lipinski definition) is 1. The van der Waals surface area contributed by atoms with Gasteiger partial charge in [0.2, 0.25) is 5.91 Å². The summed E-state index contributed by atoms with van der Waals surface area (Å²) in [6.45, 7) is 6.54. The number of nitrogens with one attached hydrogen (secondary N) is 1. The number of morpholine rings is 1. The fraction of sp³-hybridized carbons (Fsp3) is 0.846. The number of hydrogen-bond acceptors (Lipinski definition) is 4. The van der Waals surface area contributed by atoms with Crippen LogP contribution in [0.2, 0.25) is 0 Å². The molecule has 0 aromatic rings. The van der Waals surface area contributed by atoms with Crippen molar-refractivity contribution in [3.63, 3.8) is 0 Å². The fourth-order valence-corrected chi connectivity index (χ4v) is 2.49. The van der Waals surface area contributed by atoms with E-state index in [2.05, 4.69) is 10.2 Å². The summed E-state index contributed by atoms with van der Waals surface area (Å²) in [7, 11) is 0. The molecule has 0 saturated carbocycles. The van der Waals surface area contributed by atoms with Crippen molar-refractivity contribution in [3.8, 4) is 6.07 Å². The summed E-state index contributed by atoms with van der Waals surface area (Å²) in [5.41, 5.74) is -0.967. The highest BCUT2D eigenvalue weighted by atomic mass is 16.5. The van der Waals surface area contributed by atoms with Crippen LogP contribution in [0.15, 0.2) is 0 Å². The van der Waals surface area contributed by atoms with Crippen molar-refractivity contribution in [2.75, 3.05) is 26.2 Å². The lowest BCUT2D eigenvalue weighted by Crippen LogP contribution is -2.51. The Kier molecular flexibility index (Phi) is 3.88. The first kappa shape index (κ1) is 13.3. The van der Waals surface area contributed by atoms with Gasteiger partial charge in [0.15, 0.2) is 0 Å². The highest BCUT2D eigenvalue weighted by Crippen LogP contribution is 2.22. The first-order valence-electron chi connectivity index (χ1n) is 6.58. The fourth-order valence-electron chi connectivity index (χ4n) is 2.49. The van der Waals surface area contributed by atoms with E-state index in [9.17, 15) is 4.79 Å². The van der Waals surface area contributed by atoms with Crippen molar-refractivity contribution in [3.05, 3.63) is 0 Å². The van der Waals surface area contributed by atoms with Gasteiger partial charge in [-0.1, -0.05) is 0 Å². The Morgan fingerprint density at radius 1 is 1.61 bits per heavy atom. The molecule has 0 bridgehead atoms. The van der Waals surface area contributed by atoms with Crippen molar-refractivity contribution in [2.45, 2.75) is 38.8 Å². The summed E-state index contributed by atoms with van der Waals surface area (Å²) in [6.07, 6.45) is 2.52. The molecule has 2 unspecified atom stereocenters. The standard InChI is InChI=1S/C13H21N3O2/c1-13(2,9-14)12(17)15-6-11-7-16-5-3-4-10(16)8-18-11/h10-11H,3-8H2,1-2H3,(H,15,17). The Morgan fingerprint density at radius 3 is 3.11 bits per heavy atom. The number of carbonyl (C=O) groups is 1. The lowest BCUT2D eigenvalue weighted by atomic mass is 9.95. The molecule has 2 heterocycles. The summed E-state index contributed by atoms with van der Waals surface area (Å²) >= 11 is 0. The van der Waals surface area contributed by atoms with Crippen LogP contribution < -0.4 is 5.32 Å². The quantitative estimate of drug-likeness (QED) is 0.794. The molecule has 0 aromatic heterocycles. The van der Waals surface area contributed by atoms with Crippen molar-refractivity contribution < 1.29 is 9.53 Å². The molecule has 0 aliphatic carbocycles. The molecule has 5 nitrogen and oxygen atoms in total. The third-order valence-corrected chi connectivity index (χ3v) is 3.80. The number of nitrogens with zero attached hydrogens (tertiary/aromatic N) is 2. The van der Waals surface area contributed by atoms with Crippen molar-refractivity contribution in [1.82, 2.24) is 10.2 Å².